The number of nitrogens with one attached hydrogen (secondary N) is 1. The molecule has 2 aromatic heterocycles. The van der Waals surface area contributed by atoms with Gasteiger partial charge in [0, 0.05) is 12.6 Å². The summed E-state index contributed by atoms with van der Waals surface area (Å²) in [6.45, 7) is 4.02. The van der Waals surface area contributed by atoms with Crippen molar-refractivity contribution < 1.29 is 9.26 Å². The highest BCUT2D eigenvalue weighted by molar-refractivity contribution is 5.49. The zero-order valence-corrected chi connectivity index (χ0v) is 10.8. The first-order valence-electron chi connectivity index (χ1n) is 6.18. The fraction of sp³-hybridized carbons (Fsp3) is 0.500. The van der Waals surface area contributed by atoms with Gasteiger partial charge in [-0.2, -0.15) is 4.98 Å². The van der Waals surface area contributed by atoms with Crippen LogP contribution in [0.1, 0.15) is 18.7 Å². The molecule has 7 heteroatoms. The van der Waals surface area contributed by atoms with Crippen molar-refractivity contribution in [2.24, 2.45) is 5.92 Å². The van der Waals surface area contributed by atoms with Gasteiger partial charge in [-0.3, -0.25) is 0 Å². The van der Waals surface area contributed by atoms with Gasteiger partial charge in [-0.25, -0.2) is 9.97 Å². The molecule has 19 heavy (non-hydrogen) atoms. The lowest BCUT2D eigenvalue weighted by Gasteiger charge is -2.07. The topological polar surface area (TPSA) is 86.0 Å². The molecule has 0 bridgehead atoms. The van der Waals surface area contributed by atoms with Crippen molar-refractivity contribution in [3.63, 3.8) is 0 Å². The molecule has 2 aromatic rings. The van der Waals surface area contributed by atoms with Crippen LogP contribution in [-0.2, 0) is 0 Å². The number of rotatable bonds is 3. The van der Waals surface area contributed by atoms with Crippen LogP contribution in [0.25, 0.3) is 11.5 Å². The normalized spacial score (nSPS) is 22.6. The van der Waals surface area contributed by atoms with Crippen LogP contribution in [0.4, 0.5) is 0 Å². The molecule has 0 aromatic carbocycles. The summed E-state index contributed by atoms with van der Waals surface area (Å²) in [6.07, 6.45) is 1.42. The van der Waals surface area contributed by atoms with Gasteiger partial charge < -0.3 is 14.6 Å². The Balaban J connectivity index is 1.88. The summed E-state index contributed by atoms with van der Waals surface area (Å²) in [5, 5.41) is 7.30. The van der Waals surface area contributed by atoms with Gasteiger partial charge in [0.1, 0.15) is 12.0 Å². The van der Waals surface area contributed by atoms with E-state index in [1.807, 2.05) is 0 Å². The van der Waals surface area contributed by atoms with Gasteiger partial charge in [0.05, 0.1) is 13.0 Å². The summed E-state index contributed by atoms with van der Waals surface area (Å²) in [7, 11) is 1.56. The first-order chi connectivity index (χ1) is 9.28. The zero-order valence-electron chi connectivity index (χ0n) is 10.8. The van der Waals surface area contributed by atoms with Crippen molar-refractivity contribution in [3.8, 4) is 17.4 Å². The number of nitrogens with zero attached hydrogens (tertiary/aromatic N) is 4. The first kappa shape index (κ1) is 12.0. The van der Waals surface area contributed by atoms with Crippen molar-refractivity contribution >= 4 is 0 Å². The van der Waals surface area contributed by atoms with Crippen LogP contribution < -0.4 is 10.1 Å². The standard InChI is InChI=1S/C12H15N5O2/c1-7-4-13-5-8(7)12-16-11(17-19-12)9-3-10(18-2)15-6-14-9/h3,6-8,13H,4-5H2,1-2H3. The molecule has 1 fully saturated rings. The van der Waals surface area contributed by atoms with Crippen LogP contribution in [-0.4, -0.2) is 40.3 Å². The van der Waals surface area contributed by atoms with Crippen molar-refractivity contribution in [3.05, 3.63) is 18.3 Å². The molecular formula is C12H15N5O2. The molecule has 0 amide bonds. The number of hydrogen-bond donors (Lipinski definition) is 1. The molecule has 3 rings (SSSR count). The van der Waals surface area contributed by atoms with Gasteiger partial charge in [0.2, 0.25) is 17.6 Å². The monoisotopic (exact) mass is 261 g/mol. The Labute approximate surface area is 110 Å². The molecule has 7 nitrogen and oxygen atoms in total. The van der Waals surface area contributed by atoms with Crippen molar-refractivity contribution in [2.75, 3.05) is 20.2 Å². The lowest BCUT2D eigenvalue weighted by atomic mass is 9.98. The summed E-state index contributed by atoms with van der Waals surface area (Å²) in [6, 6.07) is 1.69. The maximum atomic E-state index is 5.34. The zero-order chi connectivity index (χ0) is 13.2. The Bertz CT molecular complexity index is 571. The predicted octanol–water partition coefficient (Wildman–Crippen LogP) is 0.858. The predicted molar refractivity (Wildman–Crippen MR) is 66.7 cm³/mol. The molecule has 0 spiro atoms. The Morgan fingerprint density at radius 3 is 3.00 bits per heavy atom. The van der Waals surface area contributed by atoms with E-state index < -0.39 is 0 Å². The molecule has 1 aliphatic rings. The third-order valence-corrected chi connectivity index (χ3v) is 3.36. The molecule has 0 saturated carbocycles. The van der Waals surface area contributed by atoms with Gasteiger partial charge in [-0.1, -0.05) is 12.1 Å². The summed E-state index contributed by atoms with van der Waals surface area (Å²) in [4.78, 5) is 12.5. The Morgan fingerprint density at radius 1 is 1.37 bits per heavy atom. The minimum Gasteiger partial charge on any atom is -0.481 e. The molecule has 1 N–H and O–H groups in total. The average molecular weight is 261 g/mol. The van der Waals surface area contributed by atoms with Gasteiger partial charge in [-0.15, -0.1) is 0 Å². The Hall–Kier alpha value is -2.02. The van der Waals surface area contributed by atoms with Crippen LogP contribution >= 0.6 is 0 Å². The molecule has 1 saturated heterocycles. The SMILES string of the molecule is COc1cc(-c2noc(C3CNCC3C)n2)ncn1. The fourth-order valence-corrected chi connectivity index (χ4v) is 2.20. The van der Waals surface area contributed by atoms with E-state index in [-0.39, 0.29) is 5.92 Å². The van der Waals surface area contributed by atoms with E-state index in [2.05, 4.69) is 32.3 Å². The second-order valence-corrected chi connectivity index (χ2v) is 4.64. The highest BCUT2D eigenvalue weighted by Gasteiger charge is 2.29. The molecular weight excluding hydrogens is 246 g/mol. The van der Waals surface area contributed by atoms with Crippen LogP contribution in [0.3, 0.4) is 0 Å². The summed E-state index contributed by atoms with van der Waals surface area (Å²) in [5.74, 6) is 2.37. The lowest BCUT2D eigenvalue weighted by Crippen LogP contribution is -2.08. The number of ether oxygens (including phenoxy) is 1. The quantitative estimate of drug-likeness (QED) is 0.876. The molecule has 100 valence electrons. The molecule has 1 aliphatic heterocycles. The van der Waals surface area contributed by atoms with E-state index >= 15 is 0 Å². The summed E-state index contributed by atoms with van der Waals surface area (Å²) < 4.78 is 10.4. The second-order valence-electron chi connectivity index (χ2n) is 4.64. The Morgan fingerprint density at radius 2 is 2.26 bits per heavy atom. The fourth-order valence-electron chi connectivity index (χ4n) is 2.20. The van der Waals surface area contributed by atoms with E-state index in [1.54, 1.807) is 13.2 Å². The van der Waals surface area contributed by atoms with E-state index in [0.29, 0.717) is 29.2 Å². The van der Waals surface area contributed by atoms with Gasteiger partial charge in [0.25, 0.3) is 0 Å². The molecule has 3 heterocycles. The third kappa shape index (κ3) is 2.28. The first-order valence-corrected chi connectivity index (χ1v) is 6.18. The van der Waals surface area contributed by atoms with Crippen molar-refractivity contribution in [2.45, 2.75) is 12.8 Å². The van der Waals surface area contributed by atoms with Gasteiger partial charge >= 0.3 is 0 Å². The van der Waals surface area contributed by atoms with E-state index in [4.69, 9.17) is 9.26 Å². The molecule has 0 radical (unpaired) electrons. The smallest absolute Gasteiger partial charge is 0.231 e. The highest BCUT2D eigenvalue weighted by Crippen LogP contribution is 2.27. The minimum atomic E-state index is 0.269. The van der Waals surface area contributed by atoms with Gasteiger partial charge in [0.15, 0.2) is 0 Å². The van der Waals surface area contributed by atoms with Gasteiger partial charge in [-0.05, 0) is 12.5 Å². The maximum absolute atomic E-state index is 5.34. The number of aromatic nitrogens is 4. The van der Waals surface area contributed by atoms with Crippen LogP contribution in [0.15, 0.2) is 16.9 Å². The lowest BCUT2D eigenvalue weighted by molar-refractivity contribution is 0.340. The summed E-state index contributed by atoms with van der Waals surface area (Å²) >= 11 is 0. The average Bonchev–Trinajstić information content (AvgIpc) is 3.07. The molecule has 2 unspecified atom stereocenters. The van der Waals surface area contributed by atoms with Crippen molar-refractivity contribution in [1.82, 2.24) is 25.4 Å². The van der Waals surface area contributed by atoms with Crippen LogP contribution in [0.2, 0.25) is 0 Å². The molecule has 2 atom stereocenters. The number of hydrogen-bond acceptors (Lipinski definition) is 7. The van der Waals surface area contributed by atoms with E-state index in [0.717, 1.165) is 13.1 Å². The largest absolute Gasteiger partial charge is 0.481 e. The third-order valence-electron chi connectivity index (χ3n) is 3.36. The molecule has 0 aliphatic carbocycles. The van der Waals surface area contributed by atoms with Crippen molar-refractivity contribution in [1.29, 1.82) is 0 Å². The van der Waals surface area contributed by atoms with Crippen LogP contribution in [0, 0.1) is 5.92 Å². The minimum absolute atomic E-state index is 0.269. The van der Waals surface area contributed by atoms with Crippen LogP contribution in [0.5, 0.6) is 5.88 Å². The summed E-state index contributed by atoms with van der Waals surface area (Å²) in [5.41, 5.74) is 0.598. The Kier molecular flexibility index (Phi) is 3.12. The maximum Gasteiger partial charge on any atom is 0.231 e. The second kappa shape index (κ2) is 4.93. The van der Waals surface area contributed by atoms with E-state index in [1.165, 1.54) is 6.33 Å². The number of methoxy groups -OCH3 is 1. The van der Waals surface area contributed by atoms with E-state index in [9.17, 15) is 0 Å². The highest BCUT2D eigenvalue weighted by atomic mass is 16.5.